The van der Waals surface area contributed by atoms with Crippen LogP contribution in [0.15, 0.2) is 24.3 Å². The SMILES string of the molecule is Cl.Cl.O=C(O)c1ccccc1F. The zero-order valence-corrected chi connectivity index (χ0v) is 7.49. The van der Waals surface area contributed by atoms with E-state index in [0.717, 1.165) is 6.07 Å². The van der Waals surface area contributed by atoms with Gasteiger partial charge in [-0.3, -0.25) is 0 Å². The van der Waals surface area contributed by atoms with Gasteiger partial charge in [-0.2, -0.15) is 0 Å². The second-order valence-corrected chi connectivity index (χ2v) is 1.78. The molecule has 0 unspecified atom stereocenters. The number of carboxylic acid groups (broad SMARTS) is 1. The average molecular weight is 213 g/mol. The van der Waals surface area contributed by atoms with Crippen LogP contribution in [0.25, 0.3) is 0 Å². The molecule has 0 atom stereocenters. The number of benzene rings is 1. The fourth-order valence-corrected chi connectivity index (χ4v) is 0.635. The molecule has 1 N–H and O–H groups in total. The molecule has 1 rings (SSSR count). The topological polar surface area (TPSA) is 37.3 Å². The fraction of sp³-hybridized carbons (Fsp3) is 0. The molecule has 0 aromatic heterocycles. The maximum atomic E-state index is 12.5. The van der Waals surface area contributed by atoms with E-state index in [0.29, 0.717) is 0 Å². The zero-order valence-electron chi connectivity index (χ0n) is 5.86. The first-order chi connectivity index (χ1) is 4.72. The Balaban J connectivity index is 0. The molecular weight excluding hydrogens is 206 g/mol. The van der Waals surface area contributed by atoms with Crippen molar-refractivity contribution in [2.24, 2.45) is 0 Å². The van der Waals surface area contributed by atoms with E-state index >= 15 is 0 Å². The first-order valence-electron chi connectivity index (χ1n) is 2.69. The van der Waals surface area contributed by atoms with Crippen molar-refractivity contribution in [2.45, 2.75) is 0 Å². The molecule has 1 aromatic rings. The summed E-state index contributed by atoms with van der Waals surface area (Å²) in [6, 6.07) is 5.26. The van der Waals surface area contributed by atoms with Crippen molar-refractivity contribution in [1.82, 2.24) is 0 Å². The van der Waals surface area contributed by atoms with Crippen LogP contribution in [0.1, 0.15) is 10.4 Å². The number of hydrogen-bond acceptors (Lipinski definition) is 1. The van der Waals surface area contributed by atoms with Crippen molar-refractivity contribution in [1.29, 1.82) is 0 Å². The Morgan fingerprint density at radius 1 is 1.25 bits per heavy atom. The largest absolute Gasteiger partial charge is 0.478 e. The van der Waals surface area contributed by atoms with Gasteiger partial charge in [0.2, 0.25) is 0 Å². The highest BCUT2D eigenvalue weighted by Gasteiger charge is 2.06. The molecule has 0 bridgehead atoms. The zero-order chi connectivity index (χ0) is 7.56. The van der Waals surface area contributed by atoms with Crippen LogP contribution < -0.4 is 0 Å². The van der Waals surface area contributed by atoms with Gasteiger partial charge in [-0.25, -0.2) is 9.18 Å². The van der Waals surface area contributed by atoms with Gasteiger partial charge in [-0.15, -0.1) is 24.8 Å². The molecule has 0 saturated carbocycles. The van der Waals surface area contributed by atoms with Crippen molar-refractivity contribution in [3.63, 3.8) is 0 Å². The number of rotatable bonds is 1. The Morgan fingerprint density at radius 2 is 1.75 bits per heavy atom. The lowest BCUT2D eigenvalue weighted by Crippen LogP contribution is -1.98. The Morgan fingerprint density at radius 3 is 2.08 bits per heavy atom. The van der Waals surface area contributed by atoms with Gasteiger partial charge in [0.25, 0.3) is 0 Å². The summed E-state index contributed by atoms with van der Waals surface area (Å²) in [5.41, 5.74) is -0.289. The summed E-state index contributed by atoms with van der Waals surface area (Å²) in [7, 11) is 0. The lowest BCUT2D eigenvalue weighted by molar-refractivity contribution is 0.0692. The van der Waals surface area contributed by atoms with Crippen molar-refractivity contribution in [3.05, 3.63) is 35.6 Å². The lowest BCUT2D eigenvalue weighted by Gasteiger charge is -1.92. The fourth-order valence-electron chi connectivity index (χ4n) is 0.635. The molecule has 0 radical (unpaired) electrons. The second kappa shape index (κ2) is 5.80. The molecular formula is C7H7Cl2FO2. The maximum absolute atomic E-state index is 12.5. The van der Waals surface area contributed by atoms with Crippen molar-refractivity contribution in [3.8, 4) is 0 Å². The molecule has 0 saturated heterocycles. The highest BCUT2D eigenvalue weighted by Crippen LogP contribution is 2.04. The van der Waals surface area contributed by atoms with Gasteiger partial charge in [-0.05, 0) is 12.1 Å². The average Bonchev–Trinajstić information content (AvgIpc) is 1.88. The van der Waals surface area contributed by atoms with Crippen LogP contribution in [0.4, 0.5) is 4.39 Å². The van der Waals surface area contributed by atoms with E-state index in [1.54, 1.807) is 0 Å². The monoisotopic (exact) mass is 212 g/mol. The number of carboxylic acids is 1. The summed E-state index contributed by atoms with van der Waals surface area (Å²) in [5.74, 6) is -1.94. The first kappa shape index (κ1) is 13.8. The highest BCUT2D eigenvalue weighted by molar-refractivity contribution is 5.87. The molecule has 0 aliphatic rings. The van der Waals surface area contributed by atoms with E-state index in [4.69, 9.17) is 5.11 Å². The second-order valence-electron chi connectivity index (χ2n) is 1.78. The number of halogens is 3. The van der Waals surface area contributed by atoms with Gasteiger partial charge in [-0.1, -0.05) is 12.1 Å². The number of carbonyl (C=O) groups is 1. The molecule has 0 aliphatic heterocycles. The Kier molecular flexibility index (Phi) is 6.65. The van der Waals surface area contributed by atoms with Crippen LogP contribution in [0.5, 0.6) is 0 Å². The molecule has 0 aliphatic carbocycles. The summed E-state index contributed by atoms with van der Waals surface area (Å²) >= 11 is 0. The van der Waals surface area contributed by atoms with Gasteiger partial charge < -0.3 is 5.11 Å². The minimum atomic E-state index is -1.24. The Hall–Kier alpha value is -0.800. The smallest absolute Gasteiger partial charge is 0.338 e. The lowest BCUT2D eigenvalue weighted by atomic mass is 10.2. The van der Waals surface area contributed by atoms with Crippen LogP contribution in [0, 0.1) is 5.82 Å². The Bertz CT molecular complexity index is 265. The van der Waals surface area contributed by atoms with Gasteiger partial charge in [0.1, 0.15) is 5.82 Å². The van der Waals surface area contributed by atoms with Crippen LogP contribution in [0.3, 0.4) is 0 Å². The summed E-state index contributed by atoms with van der Waals surface area (Å²) in [6.45, 7) is 0. The van der Waals surface area contributed by atoms with Crippen molar-refractivity contribution < 1.29 is 14.3 Å². The predicted octanol–water partition coefficient (Wildman–Crippen LogP) is 2.37. The van der Waals surface area contributed by atoms with Crippen LogP contribution in [-0.2, 0) is 0 Å². The third kappa shape index (κ3) is 3.07. The minimum absolute atomic E-state index is 0. The van der Waals surface area contributed by atoms with Gasteiger partial charge >= 0.3 is 5.97 Å². The minimum Gasteiger partial charge on any atom is -0.478 e. The standard InChI is InChI=1S/C7H5FO2.2ClH/c8-6-4-2-1-3-5(6)7(9)10;;/h1-4H,(H,9,10);2*1H. The van der Waals surface area contributed by atoms with E-state index in [2.05, 4.69) is 0 Å². The van der Waals surface area contributed by atoms with Gasteiger partial charge in [0, 0.05) is 0 Å². The normalized spacial score (nSPS) is 7.75. The summed E-state index contributed by atoms with van der Waals surface area (Å²) in [5, 5.41) is 8.33. The van der Waals surface area contributed by atoms with Crippen molar-refractivity contribution >= 4 is 30.8 Å². The Labute approximate surface area is 81.2 Å². The highest BCUT2D eigenvalue weighted by atomic mass is 35.5. The maximum Gasteiger partial charge on any atom is 0.338 e. The van der Waals surface area contributed by atoms with Crippen molar-refractivity contribution in [2.75, 3.05) is 0 Å². The molecule has 2 nitrogen and oxygen atoms in total. The van der Waals surface area contributed by atoms with Gasteiger partial charge in [0.05, 0.1) is 5.56 Å². The molecule has 0 fully saturated rings. The van der Waals surface area contributed by atoms with E-state index < -0.39 is 11.8 Å². The van der Waals surface area contributed by atoms with E-state index in [9.17, 15) is 9.18 Å². The van der Waals surface area contributed by atoms with Gasteiger partial charge in [0.15, 0.2) is 0 Å². The van der Waals surface area contributed by atoms with E-state index in [1.165, 1.54) is 18.2 Å². The molecule has 68 valence electrons. The van der Waals surface area contributed by atoms with Crippen LogP contribution in [-0.4, -0.2) is 11.1 Å². The first-order valence-corrected chi connectivity index (χ1v) is 2.69. The number of hydrogen-bond donors (Lipinski definition) is 1. The number of aromatic carboxylic acids is 1. The molecule has 5 heteroatoms. The van der Waals surface area contributed by atoms with Crippen LogP contribution >= 0.6 is 24.8 Å². The summed E-state index contributed by atoms with van der Waals surface area (Å²) in [4.78, 5) is 10.2. The molecule has 0 spiro atoms. The summed E-state index contributed by atoms with van der Waals surface area (Å²) < 4.78 is 12.5. The molecule has 0 amide bonds. The molecule has 12 heavy (non-hydrogen) atoms. The summed E-state index contributed by atoms with van der Waals surface area (Å²) in [6.07, 6.45) is 0. The third-order valence-electron chi connectivity index (χ3n) is 1.10. The predicted molar refractivity (Wildman–Crippen MR) is 47.9 cm³/mol. The molecule has 1 aromatic carbocycles. The van der Waals surface area contributed by atoms with E-state index in [1.807, 2.05) is 0 Å². The third-order valence-corrected chi connectivity index (χ3v) is 1.10. The van der Waals surface area contributed by atoms with E-state index in [-0.39, 0.29) is 30.4 Å². The quantitative estimate of drug-likeness (QED) is 0.777. The molecule has 0 heterocycles. The van der Waals surface area contributed by atoms with Crippen LogP contribution in [0.2, 0.25) is 0 Å².